The Balaban J connectivity index is 1.59. The highest BCUT2D eigenvalue weighted by Gasteiger charge is 2.17. The molecule has 0 atom stereocenters. The van der Waals surface area contributed by atoms with Crippen LogP contribution in [0.15, 0.2) is 47.3 Å². The van der Waals surface area contributed by atoms with Crippen molar-refractivity contribution in [3.8, 4) is 11.5 Å². The van der Waals surface area contributed by atoms with Gasteiger partial charge in [0.05, 0.1) is 12.1 Å². The number of fused-ring (bicyclic) bond motifs is 2. The van der Waals surface area contributed by atoms with Gasteiger partial charge in [-0.05, 0) is 49.0 Å². The van der Waals surface area contributed by atoms with E-state index in [4.69, 9.17) is 33.3 Å². The topological polar surface area (TPSA) is 86.8 Å². The van der Waals surface area contributed by atoms with Crippen LogP contribution in [0.1, 0.15) is 12.0 Å². The Morgan fingerprint density at radius 2 is 2.03 bits per heavy atom. The van der Waals surface area contributed by atoms with Crippen molar-refractivity contribution in [2.45, 2.75) is 13.0 Å². The summed E-state index contributed by atoms with van der Waals surface area (Å²) in [5, 5.41) is 14.3. The Hall–Kier alpha value is -2.81. The molecule has 2 aromatic carbocycles. The van der Waals surface area contributed by atoms with E-state index < -0.39 is 0 Å². The Kier molecular flexibility index (Phi) is 6.08. The lowest BCUT2D eigenvalue weighted by Gasteiger charge is -2.25. The standard InChI is InChI=1S/C21H20ClN3O4S/c22-15-3-1-4-16(9-15)23-21(30)25(5-2-6-26)11-14-7-13-8-18-19(29-12-28-18)10-17(13)24-20(14)27/h1,3-4,7-10,26H,2,5-6,11-12H2,(H,23,30)(H,24,27). The molecule has 30 heavy (non-hydrogen) atoms. The molecular formula is C21H20ClN3O4S. The van der Waals surface area contributed by atoms with Crippen LogP contribution in [0.4, 0.5) is 5.69 Å². The number of anilines is 1. The van der Waals surface area contributed by atoms with Gasteiger partial charge in [0.2, 0.25) is 6.79 Å². The number of nitrogens with one attached hydrogen (secondary N) is 2. The van der Waals surface area contributed by atoms with E-state index in [0.717, 1.165) is 11.1 Å². The Morgan fingerprint density at radius 1 is 1.23 bits per heavy atom. The minimum Gasteiger partial charge on any atom is -0.454 e. The maximum absolute atomic E-state index is 12.7. The van der Waals surface area contributed by atoms with Gasteiger partial charge in [-0.3, -0.25) is 4.79 Å². The van der Waals surface area contributed by atoms with Gasteiger partial charge in [0.25, 0.3) is 5.56 Å². The summed E-state index contributed by atoms with van der Waals surface area (Å²) >= 11 is 11.6. The first-order valence-electron chi connectivity index (χ1n) is 9.41. The lowest BCUT2D eigenvalue weighted by atomic mass is 10.1. The predicted molar refractivity (Wildman–Crippen MR) is 120 cm³/mol. The van der Waals surface area contributed by atoms with Crippen molar-refractivity contribution in [1.82, 2.24) is 9.88 Å². The van der Waals surface area contributed by atoms with E-state index in [1.807, 2.05) is 29.2 Å². The second kappa shape index (κ2) is 8.91. The Labute approximate surface area is 183 Å². The van der Waals surface area contributed by atoms with Crippen molar-refractivity contribution in [1.29, 1.82) is 0 Å². The second-order valence-corrected chi connectivity index (χ2v) is 7.68. The molecular weight excluding hydrogens is 426 g/mol. The molecule has 1 aliphatic heterocycles. The minimum absolute atomic E-state index is 0.0217. The molecule has 3 N–H and O–H groups in total. The summed E-state index contributed by atoms with van der Waals surface area (Å²) in [5.74, 6) is 1.26. The Morgan fingerprint density at radius 3 is 2.80 bits per heavy atom. The molecule has 0 spiro atoms. The number of rotatable bonds is 6. The average Bonchev–Trinajstić information content (AvgIpc) is 3.17. The monoisotopic (exact) mass is 445 g/mol. The average molecular weight is 446 g/mol. The fraction of sp³-hybridized carbons (Fsp3) is 0.238. The number of aromatic amines is 1. The molecule has 0 bridgehead atoms. The smallest absolute Gasteiger partial charge is 0.253 e. The van der Waals surface area contributed by atoms with Crippen LogP contribution >= 0.6 is 23.8 Å². The zero-order valence-corrected chi connectivity index (χ0v) is 17.6. The number of benzene rings is 2. The molecule has 1 aromatic heterocycles. The molecule has 0 unspecified atom stereocenters. The molecule has 0 radical (unpaired) electrons. The van der Waals surface area contributed by atoms with E-state index in [9.17, 15) is 9.90 Å². The summed E-state index contributed by atoms with van der Waals surface area (Å²) < 4.78 is 10.8. The van der Waals surface area contributed by atoms with Crippen LogP contribution in [0.3, 0.4) is 0 Å². The maximum Gasteiger partial charge on any atom is 0.253 e. The predicted octanol–water partition coefficient (Wildman–Crippen LogP) is 3.49. The van der Waals surface area contributed by atoms with Gasteiger partial charge in [-0.25, -0.2) is 0 Å². The lowest BCUT2D eigenvalue weighted by Crippen LogP contribution is -2.37. The van der Waals surface area contributed by atoms with Crippen molar-refractivity contribution >= 4 is 45.5 Å². The van der Waals surface area contributed by atoms with Crippen LogP contribution in [-0.2, 0) is 6.54 Å². The molecule has 2 heterocycles. The van der Waals surface area contributed by atoms with Gasteiger partial charge in [0.1, 0.15) is 0 Å². The minimum atomic E-state index is -0.207. The van der Waals surface area contributed by atoms with E-state index in [1.54, 1.807) is 18.2 Å². The van der Waals surface area contributed by atoms with Gasteiger partial charge in [-0.2, -0.15) is 0 Å². The quantitative estimate of drug-likeness (QED) is 0.500. The number of thiocarbonyl (C=S) groups is 1. The number of aromatic nitrogens is 1. The number of ether oxygens (including phenoxy) is 2. The second-order valence-electron chi connectivity index (χ2n) is 6.86. The van der Waals surface area contributed by atoms with Crippen LogP contribution in [0.25, 0.3) is 10.9 Å². The Bertz CT molecular complexity index is 1150. The van der Waals surface area contributed by atoms with E-state index in [0.29, 0.717) is 45.7 Å². The number of halogens is 1. The molecule has 156 valence electrons. The highest BCUT2D eigenvalue weighted by Crippen LogP contribution is 2.35. The van der Waals surface area contributed by atoms with Crippen molar-refractivity contribution in [2.24, 2.45) is 0 Å². The zero-order chi connectivity index (χ0) is 21.1. The number of aliphatic hydroxyl groups is 1. The van der Waals surface area contributed by atoms with Crippen molar-refractivity contribution in [2.75, 3.05) is 25.3 Å². The van der Waals surface area contributed by atoms with Crippen molar-refractivity contribution in [3.05, 3.63) is 63.4 Å². The van der Waals surface area contributed by atoms with E-state index in [1.165, 1.54) is 0 Å². The van der Waals surface area contributed by atoms with Crippen molar-refractivity contribution in [3.63, 3.8) is 0 Å². The van der Waals surface area contributed by atoms with E-state index in [2.05, 4.69) is 10.3 Å². The fourth-order valence-electron chi connectivity index (χ4n) is 3.25. The molecule has 0 saturated heterocycles. The molecule has 0 aliphatic carbocycles. The lowest BCUT2D eigenvalue weighted by molar-refractivity contribution is 0.174. The van der Waals surface area contributed by atoms with Gasteiger partial charge in [-0.15, -0.1) is 0 Å². The fourth-order valence-corrected chi connectivity index (χ4v) is 3.71. The third kappa shape index (κ3) is 4.51. The van der Waals surface area contributed by atoms with Gasteiger partial charge >= 0.3 is 0 Å². The van der Waals surface area contributed by atoms with Crippen LogP contribution in [0.5, 0.6) is 11.5 Å². The summed E-state index contributed by atoms with van der Waals surface area (Å²) in [5.41, 5.74) is 1.77. The number of pyridine rings is 1. The van der Waals surface area contributed by atoms with E-state index in [-0.39, 0.29) is 25.5 Å². The van der Waals surface area contributed by atoms with Gasteiger partial charge in [0, 0.05) is 40.9 Å². The summed E-state index contributed by atoms with van der Waals surface area (Å²) in [6.07, 6.45) is 0.515. The van der Waals surface area contributed by atoms with Crippen LogP contribution < -0.4 is 20.3 Å². The molecule has 0 saturated carbocycles. The van der Waals surface area contributed by atoms with Gasteiger partial charge < -0.3 is 29.8 Å². The molecule has 9 heteroatoms. The van der Waals surface area contributed by atoms with E-state index >= 15 is 0 Å². The SMILES string of the molecule is O=c1[nH]c2cc3c(cc2cc1CN(CCCO)C(=S)Nc1cccc(Cl)c1)OCO3. The summed E-state index contributed by atoms with van der Waals surface area (Å²) in [7, 11) is 0. The van der Waals surface area contributed by atoms with Gasteiger partial charge in [-0.1, -0.05) is 17.7 Å². The number of aliphatic hydroxyl groups excluding tert-OH is 1. The van der Waals surface area contributed by atoms with Gasteiger partial charge in [0.15, 0.2) is 16.6 Å². The number of hydrogen-bond donors (Lipinski definition) is 3. The number of hydrogen-bond acceptors (Lipinski definition) is 5. The summed E-state index contributed by atoms with van der Waals surface area (Å²) in [6.45, 7) is 0.961. The third-order valence-electron chi connectivity index (χ3n) is 4.72. The molecule has 4 rings (SSSR count). The number of H-pyrrole nitrogens is 1. The molecule has 0 fully saturated rings. The largest absolute Gasteiger partial charge is 0.454 e. The van der Waals surface area contributed by atoms with Crippen LogP contribution in [-0.4, -0.2) is 40.0 Å². The number of nitrogens with zero attached hydrogens (tertiary/aromatic N) is 1. The molecule has 0 amide bonds. The normalized spacial score (nSPS) is 12.2. The summed E-state index contributed by atoms with van der Waals surface area (Å²) in [6, 6.07) is 12.7. The highest BCUT2D eigenvalue weighted by molar-refractivity contribution is 7.80. The first kappa shape index (κ1) is 20.5. The molecule has 1 aliphatic rings. The molecule has 3 aromatic rings. The first-order chi connectivity index (χ1) is 14.5. The maximum atomic E-state index is 12.7. The zero-order valence-electron chi connectivity index (χ0n) is 16.0. The van der Waals surface area contributed by atoms with Crippen LogP contribution in [0, 0.1) is 0 Å². The van der Waals surface area contributed by atoms with Crippen LogP contribution in [0.2, 0.25) is 5.02 Å². The van der Waals surface area contributed by atoms with Crippen molar-refractivity contribution < 1.29 is 14.6 Å². The highest BCUT2D eigenvalue weighted by atomic mass is 35.5. The molecule has 7 nitrogen and oxygen atoms in total. The first-order valence-corrected chi connectivity index (χ1v) is 10.2. The third-order valence-corrected chi connectivity index (χ3v) is 5.32. The summed E-state index contributed by atoms with van der Waals surface area (Å²) in [4.78, 5) is 17.4.